The Balaban J connectivity index is 1.87. The number of halogens is 2. The molecule has 8 heteroatoms. The smallest absolute Gasteiger partial charge is 0.346 e. The van der Waals surface area contributed by atoms with Crippen molar-refractivity contribution >= 4 is 23.9 Å². The highest BCUT2D eigenvalue weighted by molar-refractivity contribution is 6.04. The van der Waals surface area contributed by atoms with E-state index in [1.807, 2.05) is 0 Å². The Morgan fingerprint density at radius 2 is 0.923 bits per heavy atom. The molecule has 0 bridgehead atoms. The second kappa shape index (κ2) is 8.43. The summed E-state index contributed by atoms with van der Waals surface area (Å²) in [6, 6.07) is 8.50. The molecule has 2 rings (SSSR count). The normalized spacial score (nSPS) is 10.4. The van der Waals surface area contributed by atoms with Crippen molar-refractivity contribution in [3.8, 4) is 0 Å². The van der Waals surface area contributed by atoms with Crippen LogP contribution in [0, 0.1) is 11.6 Å². The highest BCUT2D eigenvalue weighted by Crippen LogP contribution is 2.06. The third-order valence-corrected chi connectivity index (χ3v) is 2.90. The number of carbonyl (C=O) groups is 4. The summed E-state index contributed by atoms with van der Waals surface area (Å²) in [4.78, 5) is 46.1. The Labute approximate surface area is 145 Å². The van der Waals surface area contributed by atoms with Gasteiger partial charge in [-0.3, -0.25) is 0 Å². The molecule has 0 aliphatic heterocycles. The van der Waals surface area contributed by atoms with Gasteiger partial charge in [0.05, 0.1) is 11.1 Å². The van der Waals surface area contributed by atoms with E-state index >= 15 is 0 Å². The van der Waals surface area contributed by atoms with E-state index in [1.54, 1.807) is 0 Å². The lowest BCUT2D eigenvalue weighted by Gasteiger charge is -2.01. The molecule has 132 valence electrons. The molecule has 0 saturated carbocycles. The summed E-state index contributed by atoms with van der Waals surface area (Å²) in [6.07, 6.45) is 1.17. The summed E-state index contributed by atoms with van der Waals surface area (Å²) in [6.45, 7) is 0. The van der Waals surface area contributed by atoms with E-state index < -0.39 is 35.5 Å². The zero-order chi connectivity index (χ0) is 19.1. The molecular weight excluding hydrogens is 350 g/mol. The number of benzene rings is 2. The van der Waals surface area contributed by atoms with Crippen LogP contribution in [-0.2, 0) is 19.1 Å². The Morgan fingerprint density at radius 3 is 1.23 bits per heavy atom. The Bertz CT molecular complexity index is 796. The molecule has 0 saturated heterocycles. The SMILES string of the molecule is O=C(/C=C\C(=O)OC(=O)c1ccc(F)cc1)OC(=O)c1ccc(F)cc1. The van der Waals surface area contributed by atoms with Gasteiger partial charge in [0, 0.05) is 12.2 Å². The van der Waals surface area contributed by atoms with Gasteiger partial charge in [0.1, 0.15) is 11.6 Å². The van der Waals surface area contributed by atoms with Gasteiger partial charge in [-0.05, 0) is 48.5 Å². The molecule has 26 heavy (non-hydrogen) atoms. The molecule has 0 heterocycles. The summed E-state index contributed by atoms with van der Waals surface area (Å²) in [5, 5.41) is 0. The van der Waals surface area contributed by atoms with Gasteiger partial charge in [0.2, 0.25) is 0 Å². The fraction of sp³-hybridized carbons (Fsp3) is 0. The molecule has 0 atom stereocenters. The molecule has 2 aromatic carbocycles. The molecule has 0 unspecified atom stereocenters. The van der Waals surface area contributed by atoms with Crippen LogP contribution in [0.5, 0.6) is 0 Å². The van der Waals surface area contributed by atoms with E-state index in [1.165, 1.54) is 0 Å². The van der Waals surface area contributed by atoms with E-state index in [4.69, 9.17) is 0 Å². The number of hydrogen-bond donors (Lipinski definition) is 0. The highest BCUT2D eigenvalue weighted by atomic mass is 19.1. The molecular formula is C18H10F2O6. The zero-order valence-electron chi connectivity index (χ0n) is 13.0. The number of esters is 4. The van der Waals surface area contributed by atoms with Gasteiger partial charge in [0.15, 0.2) is 0 Å². The fourth-order valence-electron chi connectivity index (χ4n) is 1.68. The molecule has 0 aliphatic rings. The largest absolute Gasteiger partial charge is 0.386 e. The van der Waals surface area contributed by atoms with Crippen molar-refractivity contribution in [3.05, 3.63) is 83.4 Å². The second-order valence-electron chi connectivity index (χ2n) is 4.76. The molecule has 0 spiro atoms. The van der Waals surface area contributed by atoms with Crippen LogP contribution < -0.4 is 0 Å². The average Bonchev–Trinajstić information content (AvgIpc) is 2.61. The van der Waals surface area contributed by atoms with Crippen LogP contribution in [0.15, 0.2) is 60.7 Å². The summed E-state index contributed by atoms with van der Waals surface area (Å²) in [5.74, 6) is -5.61. The van der Waals surface area contributed by atoms with Crippen molar-refractivity contribution in [2.75, 3.05) is 0 Å². The van der Waals surface area contributed by atoms with Gasteiger partial charge < -0.3 is 9.47 Å². The van der Waals surface area contributed by atoms with E-state index in [0.717, 1.165) is 48.5 Å². The predicted octanol–water partition coefficient (Wildman–Crippen LogP) is 2.59. The molecule has 0 fully saturated rings. The Kier molecular flexibility index (Phi) is 6.05. The van der Waals surface area contributed by atoms with Gasteiger partial charge in [-0.15, -0.1) is 0 Å². The number of rotatable bonds is 4. The van der Waals surface area contributed by atoms with Crippen molar-refractivity contribution < 1.29 is 37.4 Å². The van der Waals surface area contributed by atoms with Crippen molar-refractivity contribution in [1.29, 1.82) is 0 Å². The quantitative estimate of drug-likeness (QED) is 0.473. The second-order valence-corrected chi connectivity index (χ2v) is 4.76. The van der Waals surface area contributed by atoms with Crippen LogP contribution in [0.2, 0.25) is 0 Å². The molecule has 0 radical (unpaired) electrons. The Hall–Kier alpha value is -3.68. The van der Waals surface area contributed by atoms with Crippen molar-refractivity contribution in [2.45, 2.75) is 0 Å². The minimum atomic E-state index is -1.19. The maximum absolute atomic E-state index is 12.7. The minimum absolute atomic E-state index is 0.0674. The first-order valence-corrected chi connectivity index (χ1v) is 7.06. The predicted molar refractivity (Wildman–Crippen MR) is 82.8 cm³/mol. The third kappa shape index (κ3) is 5.45. The van der Waals surface area contributed by atoms with Crippen molar-refractivity contribution in [3.63, 3.8) is 0 Å². The van der Waals surface area contributed by atoms with Crippen molar-refractivity contribution in [2.24, 2.45) is 0 Å². The molecule has 0 N–H and O–H groups in total. The lowest BCUT2D eigenvalue weighted by molar-refractivity contribution is -0.135. The topological polar surface area (TPSA) is 86.7 Å². The highest BCUT2D eigenvalue weighted by Gasteiger charge is 2.13. The third-order valence-electron chi connectivity index (χ3n) is 2.90. The van der Waals surface area contributed by atoms with Crippen LogP contribution in [0.4, 0.5) is 8.78 Å². The lowest BCUT2D eigenvalue weighted by atomic mass is 10.2. The Morgan fingerprint density at radius 1 is 0.615 bits per heavy atom. The number of ether oxygens (including phenoxy) is 2. The molecule has 0 aromatic heterocycles. The van der Waals surface area contributed by atoms with E-state index in [0.29, 0.717) is 12.2 Å². The van der Waals surface area contributed by atoms with E-state index in [9.17, 15) is 28.0 Å². The number of hydrogen-bond acceptors (Lipinski definition) is 6. The molecule has 0 amide bonds. The fourth-order valence-corrected chi connectivity index (χ4v) is 1.68. The van der Waals surface area contributed by atoms with Crippen LogP contribution in [-0.4, -0.2) is 23.9 Å². The van der Waals surface area contributed by atoms with Crippen LogP contribution in [0.25, 0.3) is 0 Å². The lowest BCUT2D eigenvalue weighted by Crippen LogP contribution is -2.13. The monoisotopic (exact) mass is 360 g/mol. The van der Waals surface area contributed by atoms with Crippen LogP contribution in [0.3, 0.4) is 0 Å². The van der Waals surface area contributed by atoms with Gasteiger partial charge in [-0.25, -0.2) is 28.0 Å². The van der Waals surface area contributed by atoms with Gasteiger partial charge in [-0.1, -0.05) is 0 Å². The molecule has 2 aromatic rings. The maximum Gasteiger partial charge on any atom is 0.346 e. The van der Waals surface area contributed by atoms with Crippen molar-refractivity contribution in [1.82, 2.24) is 0 Å². The standard InChI is InChI=1S/C18H10F2O6/c19-13-5-1-11(2-6-13)17(23)25-15(21)9-10-16(22)26-18(24)12-3-7-14(20)8-4-12/h1-10H/b10-9-. The van der Waals surface area contributed by atoms with E-state index in [2.05, 4.69) is 9.47 Å². The van der Waals surface area contributed by atoms with Crippen LogP contribution in [0.1, 0.15) is 20.7 Å². The summed E-state index contributed by atoms with van der Waals surface area (Å²) >= 11 is 0. The first-order valence-electron chi connectivity index (χ1n) is 7.06. The molecule has 0 aliphatic carbocycles. The van der Waals surface area contributed by atoms with Crippen LogP contribution >= 0.6 is 0 Å². The van der Waals surface area contributed by atoms with E-state index in [-0.39, 0.29) is 11.1 Å². The maximum atomic E-state index is 12.7. The number of carbonyl (C=O) groups excluding carboxylic acids is 4. The van der Waals surface area contributed by atoms with Gasteiger partial charge >= 0.3 is 23.9 Å². The average molecular weight is 360 g/mol. The minimum Gasteiger partial charge on any atom is -0.386 e. The first kappa shape index (κ1) is 18.7. The summed E-state index contributed by atoms with van der Waals surface area (Å²) < 4.78 is 34.3. The van der Waals surface area contributed by atoms with Gasteiger partial charge in [-0.2, -0.15) is 0 Å². The summed E-state index contributed by atoms with van der Waals surface area (Å²) in [7, 11) is 0. The summed E-state index contributed by atoms with van der Waals surface area (Å²) in [5.41, 5.74) is -0.135. The van der Waals surface area contributed by atoms with Gasteiger partial charge in [0.25, 0.3) is 0 Å². The first-order chi connectivity index (χ1) is 12.3. The zero-order valence-corrected chi connectivity index (χ0v) is 13.0. The molecule has 6 nitrogen and oxygen atoms in total.